The molecular formula is C13H30N2O3. The minimum absolute atomic E-state index is 0.0165. The SMILES string of the molecule is CCCCCCCCC(CN)(CCN)C(O)(O)O. The fraction of sp³-hybridized carbons (Fsp3) is 1.00. The van der Waals surface area contributed by atoms with E-state index in [-0.39, 0.29) is 13.1 Å². The Balaban J connectivity index is 4.17. The molecule has 0 amide bonds. The van der Waals surface area contributed by atoms with Crippen LogP contribution in [0.15, 0.2) is 0 Å². The molecular weight excluding hydrogens is 232 g/mol. The fourth-order valence-electron chi connectivity index (χ4n) is 2.32. The second kappa shape index (κ2) is 8.82. The summed E-state index contributed by atoms with van der Waals surface area (Å²) in [6.45, 7) is 2.46. The lowest BCUT2D eigenvalue weighted by Crippen LogP contribution is -2.53. The molecule has 0 aromatic carbocycles. The summed E-state index contributed by atoms with van der Waals surface area (Å²) in [5.74, 6) is -2.75. The first-order valence-electron chi connectivity index (χ1n) is 7.01. The highest BCUT2D eigenvalue weighted by atomic mass is 16.7. The van der Waals surface area contributed by atoms with E-state index < -0.39 is 11.4 Å². The first-order chi connectivity index (χ1) is 8.43. The summed E-state index contributed by atoms with van der Waals surface area (Å²) in [6.07, 6.45) is 7.39. The molecule has 110 valence electrons. The van der Waals surface area contributed by atoms with Crippen LogP contribution in [0.5, 0.6) is 0 Å². The molecule has 18 heavy (non-hydrogen) atoms. The quantitative estimate of drug-likeness (QED) is 0.277. The standard InChI is InChI=1S/C13H30N2O3/c1-2-3-4-5-6-7-8-12(11-15,9-10-14)13(16,17)18/h16-18H,2-11,14-15H2,1H3. The van der Waals surface area contributed by atoms with Gasteiger partial charge in [0.15, 0.2) is 0 Å². The Labute approximate surface area is 110 Å². The molecule has 0 spiro atoms. The van der Waals surface area contributed by atoms with E-state index in [1.165, 1.54) is 19.3 Å². The largest absolute Gasteiger partial charge is 0.343 e. The van der Waals surface area contributed by atoms with Crippen LogP contribution in [0.3, 0.4) is 0 Å². The van der Waals surface area contributed by atoms with Crippen LogP contribution < -0.4 is 11.5 Å². The monoisotopic (exact) mass is 262 g/mol. The molecule has 5 heteroatoms. The summed E-state index contributed by atoms with van der Waals surface area (Å²) in [7, 11) is 0. The van der Waals surface area contributed by atoms with Crippen LogP contribution in [-0.2, 0) is 0 Å². The summed E-state index contributed by atoms with van der Waals surface area (Å²) >= 11 is 0. The van der Waals surface area contributed by atoms with Crippen molar-refractivity contribution in [3.05, 3.63) is 0 Å². The lowest BCUT2D eigenvalue weighted by Gasteiger charge is -2.39. The molecule has 0 saturated carbocycles. The molecule has 0 aromatic rings. The average molecular weight is 262 g/mol. The predicted octanol–water partition coefficient (Wildman–Crippen LogP) is 0.662. The molecule has 0 radical (unpaired) electrons. The summed E-state index contributed by atoms with van der Waals surface area (Å²) in [5.41, 5.74) is 9.97. The predicted molar refractivity (Wildman–Crippen MR) is 72.5 cm³/mol. The number of hydrogen-bond acceptors (Lipinski definition) is 5. The van der Waals surface area contributed by atoms with E-state index in [9.17, 15) is 15.3 Å². The van der Waals surface area contributed by atoms with E-state index in [0.29, 0.717) is 12.8 Å². The third-order valence-corrected chi connectivity index (χ3v) is 3.73. The third kappa shape index (κ3) is 5.63. The number of hydrogen-bond donors (Lipinski definition) is 5. The first-order valence-corrected chi connectivity index (χ1v) is 7.01. The molecule has 5 nitrogen and oxygen atoms in total. The van der Waals surface area contributed by atoms with Crippen molar-refractivity contribution in [1.82, 2.24) is 0 Å². The van der Waals surface area contributed by atoms with Crippen molar-refractivity contribution < 1.29 is 15.3 Å². The molecule has 0 aliphatic carbocycles. The van der Waals surface area contributed by atoms with Crippen LogP contribution in [0.2, 0.25) is 0 Å². The van der Waals surface area contributed by atoms with Gasteiger partial charge in [0.05, 0.1) is 5.41 Å². The summed E-state index contributed by atoms with van der Waals surface area (Å²) in [6, 6.07) is 0. The number of nitrogens with two attached hydrogens (primary N) is 2. The molecule has 7 N–H and O–H groups in total. The Morgan fingerprint density at radius 1 is 0.833 bits per heavy atom. The first kappa shape index (κ1) is 17.8. The second-order valence-electron chi connectivity index (χ2n) is 5.18. The van der Waals surface area contributed by atoms with Gasteiger partial charge in [-0.05, 0) is 19.4 Å². The maximum absolute atomic E-state index is 9.48. The van der Waals surface area contributed by atoms with Crippen molar-refractivity contribution in [2.24, 2.45) is 16.9 Å². The van der Waals surface area contributed by atoms with Crippen LogP contribution in [0.1, 0.15) is 58.3 Å². The number of rotatable bonds is 11. The van der Waals surface area contributed by atoms with Crippen molar-refractivity contribution in [2.75, 3.05) is 13.1 Å². The van der Waals surface area contributed by atoms with E-state index in [0.717, 1.165) is 19.3 Å². The van der Waals surface area contributed by atoms with Crippen LogP contribution in [0.4, 0.5) is 0 Å². The molecule has 0 rings (SSSR count). The Hall–Kier alpha value is -0.200. The number of unbranched alkanes of at least 4 members (excludes halogenated alkanes) is 5. The minimum atomic E-state index is -2.75. The summed E-state index contributed by atoms with van der Waals surface area (Å²) < 4.78 is 0. The Morgan fingerprint density at radius 2 is 1.39 bits per heavy atom. The van der Waals surface area contributed by atoms with E-state index in [1.807, 2.05) is 0 Å². The Morgan fingerprint density at radius 3 is 1.83 bits per heavy atom. The van der Waals surface area contributed by atoms with Gasteiger partial charge in [-0.3, -0.25) is 0 Å². The van der Waals surface area contributed by atoms with Crippen LogP contribution in [-0.4, -0.2) is 34.4 Å². The molecule has 0 heterocycles. The van der Waals surface area contributed by atoms with Crippen LogP contribution >= 0.6 is 0 Å². The Bertz CT molecular complexity index is 207. The highest BCUT2D eigenvalue weighted by Crippen LogP contribution is 2.36. The van der Waals surface area contributed by atoms with Gasteiger partial charge < -0.3 is 26.8 Å². The van der Waals surface area contributed by atoms with Gasteiger partial charge in [0.2, 0.25) is 0 Å². The minimum Gasteiger partial charge on any atom is -0.343 e. The van der Waals surface area contributed by atoms with Gasteiger partial charge in [-0.1, -0.05) is 45.4 Å². The van der Waals surface area contributed by atoms with Gasteiger partial charge in [0, 0.05) is 6.54 Å². The maximum atomic E-state index is 9.48. The second-order valence-corrected chi connectivity index (χ2v) is 5.18. The molecule has 0 aliphatic heterocycles. The van der Waals surface area contributed by atoms with Crippen molar-refractivity contribution >= 4 is 0 Å². The fourth-order valence-corrected chi connectivity index (χ4v) is 2.32. The van der Waals surface area contributed by atoms with Crippen LogP contribution in [0.25, 0.3) is 0 Å². The maximum Gasteiger partial charge on any atom is 0.282 e. The van der Waals surface area contributed by atoms with E-state index in [1.54, 1.807) is 0 Å². The molecule has 0 fully saturated rings. The van der Waals surface area contributed by atoms with E-state index in [2.05, 4.69) is 6.92 Å². The van der Waals surface area contributed by atoms with Crippen molar-refractivity contribution in [1.29, 1.82) is 0 Å². The molecule has 0 aromatic heterocycles. The van der Waals surface area contributed by atoms with Crippen molar-refractivity contribution in [3.63, 3.8) is 0 Å². The summed E-state index contributed by atoms with van der Waals surface area (Å²) in [4.78, 5) is 0. The smallest absolute Gasteiger partial charge is 0.282 e. The molecule has 0 bridgehead atoms. The zero-order valence-corrected chi connectivity index (χ0v) is 11.6. The molecule has 1 unspecified atom stereocenters. The van der Waals surface area contributed by atoms with Crippen molar-refractivity contribution in [3.8, 4) is 0 Å². The third-order valence-electron chi connectivity index (χ3n) is 3.73. The lowest BCUT2D eigenvalue weighted by molar-refractivity contribution is -0.375. The topological polar surface area (TPSA) is 113 Å². The van der Waals surface area contributed by atoms with Gasteiger partial charge in [0.25, 0.3) is 5.97 Å². The Kier molecular flexibility index (Phi) is 8.73. The van der Waals surface area contributed by atoms with Gasteiger partial charge in [0.1, 0.15) is 0 Å². The van der Waals surface area contributed by atoms with Crippen LogP contribution in [0, 0.1) is 5.41 Å². The van der Waals surface area contributed by atoms with Gasteiger partial charge in [-0.2, -0.15) is 0 Å². The van der Waals surface area contributed by atoms with Gasteiger partial charge >= 0.3 is 0 Å². The van der Waals surface area contributed by atoms with Gasteiger partial charge in [-0.15, -0.1) is 0 Å². The summed E-state index contributed by atoms with van der Waals surface area (Å²) in [5, 5.41) is 28.4. The number of aliphatic hydroxyl groups is 3. The van der Waals surface area contributed by atoms with E-state index in [4.69, 9.17) is 11.5 Å². The van der Waals surface area contributed by atoms with Crippen molar-refractivity contribution in [2.45, 2.75) is 64.3 Å². The molecule has 0 saturated heterocycles. The zero-order chi connectivity index (χ0) is 14.1. The highest BCUT2D eigenvalue weighted by Gasteiger charge is 2.46. The zero-order valence-electron chi connectivity index (χ0n) is 11.6. The lowest BCUT2D eigenvalue weighted by atomic mass is 9.77. The van der Waals surface area contributed by atoms with E-state index >= 15 is 0 Å². The average Bonchev–Trinajstić information content (AvgIpc) is 2.30. The highest BCUT2D eigenvalue weighted by molar-refractivity contribution is 4.86. The van der Waals surface area contributed by atoms with Gasteiger partial charge in [-0.25, -0.2) is 0 Å². The molecule has 0 aliphatic rings. The normalized spacial score (nSPS) is 15.7. The molecule has 1 atom stereocenters.